The predicted molar refractivity (Wildman–Crippen MR) is 130 cm³/mol. The zero-order chi connectivity index (χ0) is 23.6. The number of sulfonamides is 1. The molecule has 0 saturated heterocycles. The van der Waals surface area contributed by atoms with Crippen molar-refractivity contribution < 1.29 is 17.9 Å². The van der Waals surface area contributed by atoms with Crippen LogP contribution in [0.5, 0.6) is 11.5 Å². The molecule has 0 aliphatic heterocycles. The molecule has 0 bridgehead atoms. The first kappa shape index (κ1) is 23.3. The van der Waals surface area contributed by atoms with E-state index in [1.165, 1.54) is 54.1 Å². The molecule has 2 heterocycles. The van der Waals surface area contributed by atoms with E-state index in [0.29, 0.717) is 33.0 Å². The lowest BCUT2D eigenvalue weighted by molar-refractivity contribution is 0.355. The van der Waals surface area contributed by atoms with Crippen molar-refractivity contribution >= 4 is 43.9 Å². The molecule has 0 radical (unpaired) electrons. The van der Waals surface area contributed by atoms with E-state index in [2.05, 4.69) is 4.98 Å². The molecule has 4 aromatic rings. The van der Waals surface area contributed by atoms with E-state index < -0.39 is 10.0 Å². The molecule has 7 nitrogen and oxygen atoms in total. The van der Waals surface area contributed by atoms with Gasteiger partial charge in [0.05, 0.1) is 24.6 Å². The van der Waals surface area contributed by atoms with Crippen LogP contribution in [0.1, 0.15) is 10.4 Å². The summed E-state index contributed by atoms with van der Waals surface area (Å²) < 4.78 is 38.9. The van der Waals surface area contributed by atoms with E-state index in [1.54, 1.807) is 18.2 Å². The molecule has 172 valence electrons. The van der Waals surface area contributed by atoms with E-state index in [0.717, 1.165) is 4.88 Å². The van der Waals surface area contributed by atoms with Crippen molar-refractivity contribution in [2.24, 2.45) is 0 Å². The molecule has 2 aromatic carbocycles. The lowest BCUT2D eigenvalue weighted by Gasteiger charge is -2.22. The highest BCUT2D eigenvalue weighted by molar-refractivity contribution is 7.89. The first-order valence-electron chi connectivity index (χ1n) is 9.88. The molecule has 0 aliphatic carbocycles. The molecule has 0 saturated carbocycles. The zero-order valence-corrected chi connectivity index (χ0v) is 20.3. The quantitative estimate of drug-likeness (QED) is 0.377. The highest BCUT2D eigenvalue weighted by atomic mass is 35.5. The number of nitrogens with zero attached hydrogens (tertiary/aromatic N) is 1. The van der Waals surface area contributed by atoms with Gasteiger partial charge in [0.2, 0.25) is 10.0 Å². The number of nitrogens with one attached hydrogen (secondary N) is 1. The third kappa shape index (κ3) is 4.91. The van der Waals surface area contributed by atoms with Crippen LogP contribution in [0.25, 0.3) is 10.9 Å². The minimum atomic E-state index is -3.90. The second kappa shape index (κ2) is 9.56. The molecule has 0 atom stereocenters. The van der Waals surface area contributed by atoms with Crippen molar-refractivity contribution in [2.75, 3.05) is 14.2 Å². The number of rotatable bonds is 8. The molecule has 0 spiro atoms. The standard InChI is InChI=1S/C23H21ClN2O5S2/c1-30-21-11-15-10-16(23(27)25-20(15)12-22(21)31-2)13-26(14-18-4-3-9-32-18)33(28,29)19-7-5-17(24)6-8-19/h3-12H,13-14H2,1-2H3,(H,25,27). The number of benzene rings is 2. The van der Waals surface area contributed by atoms with Gasteiger partial charge in [0.1, 0.15) is 0 Å². The van der Waals surface area contributed by atoms with Crippen molar-refractivity contribution in [1.29, 1.82) is 0 Å². The average Bonchev–Trinajstić information content (AvgIpc) is 3.31. The summed E-state index contributed by atoms with van der Waals surface area (Å²) in [5, 5.41) is 3.02. The van der Waals surface area contributed by atoms with E-state index >= 15 is 0 Å². The molecule has 0 aliphatic rings. The number of ether oxygens (including phenoxy) is 2. The Labute approximate surface area is 200 Å². The Hall–Kier alpha value is -2.85. The minimum absolute atomic E-state index is 0.104. The predicted octanol–water partition coefficient (Wildman–Crippen LogP) is 4.65. The maximum absolute atomic E-state index is 13.5. The summed E-state index contributed by atoms with van der Waals surface area (Å²) >= 11 is 7.39. The van der Waals surface area contributed by atoms with Crippen molar-refractivity contribution in [3.63, 3.8) is 0 Å². The van der Waals surface area contributed by atoms with Crippen molar-refractivity contribution in [2.45, 2.75) is 18.0 Å². The van der Waals surface area contributed by atoms with Gasteiger partial charge in [-0.05, 0) is 47.8 Å². The maximum atomic E-state index is 13.5. The number of H-pyrrole nitrogens is 1. The number of hydrogen-bond donors (Lipinski definition) is 1. The van der Waals surface area contributed by atoms with Crippen LogP contribution in [0.15, 0.2) is 69.7 Å². The summed E-state index contributed by atoms with van der Waals surface area (Å²) in [4.78, 5) is 16.7. The van der Waals surface area contributed by atoms with Crippen LogP contribution in [0.3, 0.4) is 0 Å². The minimum Gasteiger partial charge on any atom is -0.493 e. The van der Waals surface area contributed by atoms with E-state index in [4.69, 9.17) is 21.1 Å². The molecule has 0 unspecified atom stereocenters. The molecule has 4 rings (SSSR count). The first-order valence-corrected chi connectivity index (χ1v) is 12.6. The van der Waals surface area contributed by atoms with Gasteiger partial charge < -0.3 is 14.5 Å². The Morgan fingerprint density at radius 2 is 1.70 bits per heavy atom. The number of fused-ring (bicyclic) bond motifs is 1. The van der Waals surface area contributed by atoms with Gasteiger partial charge in [-0.1, -0.05) is 17.7 Å². The highest BCUT2D eigenvalue weighted by Crippen LogP contribution is 2.31. The summed E-state index contributed by atoms with van der Waals surface area (Å²) in [5.41, 5.74) is 0.493. The zero-order valence-electron chi connectivity index (χ0n) is 17.9. The number of aromatic amines is 1. The van der Waals surface area contributed by atoms with Crippen molar-refractivity contribution in [1.82, 2.24) is 9.29 Å². The Balaban J connectivity index is 1.77. The van der Waals surface area contributed by atoms with Crippen LogP contribution in [-0.2, 0) is 23.1 Å². The van der Waals surface area contributed by atoms with Crippen LogP contribution in [0.4, 0.5) is 0 Å². The molecule has 0 fully saturated rings. The lowest BCUT2D eigenvalue weighted by atomic mass is 10.1. The van der Waals surface area contributed by atoms with Gasteiger partial charge in [-0.15, -0.1) is 11.3 Å². The van der Waals surface area contributed by atoms with Crippen LogP contribution >= 0.6 is 22.9 Å². The second-order valence-corrected chi connectivity index (χ2v) is 10.6. The Morgan fingerprint density at radius 1 is 1.00 bits per heavy atom. The number of pyridine rings is 1. The van der Waals surface area contributed by atoms with Gasteiger partial charge in [-0.25, -0.2) is 8.42 Å². The van der Waals surface area contributed by atoms with Gasteiger partial charge in [0.15, 0.2) is 11.5 Å². The largest absolute Gasteiger partial charge is 0.493 e. The van der Waals surface area contributed by atoms with Gasteiger partial charge in [-0.2, -0.15) is 4.31 Å². The van der Waals surface area contributed by atoms with Crippen LogP contribution in [0.2, 0.25) is 5.02 Å². The van der Waals surface area contributed by atoms with Crippen LogP contribution < -0.4 is 15.0 Å². The smallest absolute Gasteiger partial charge is 0.252 e. The van der Waals surface area contributed by atoms with E-state index in [-0.39, 0.29) is 23.5 Å². The normalized spacial score (nSPS) is 11.8. The molecule has 10 heteroatoms. The lowest BCUT2D eigenvalue weighted by Crippen LogP contribution is -2.32. The van der Waals surface area contributed by atoms with E-state index in [1.807, 2.05) is 17.5 Å². The Kier molecular flexibility index (Phi) is 6.76. The number of aromatic nitrogens is 1. The highest BCUT2D eigenvalue weighted by Gasteiger charge is 2.26. The average molecular weight is 505 g/mol. The number of halogens is 1. The summed E-state index contributed by atoms with van der Waals surface area (Å²) in [6.07, 6.45) is 0. The molecular weight excluding hydrogens is 484 g/mol. The van der Waals surface area contributed by atoms with Crippen molar-refractivity contribution in [3.8, 4) is 11.5 Å². The topological polar surface area (TPSA) is 88.7 Å². The summed E-state index contributed by atoms with van der Waals surface area (Å²) in [6.45, 7) is 0.0223. The Bertz CT molecular complexity index is 1430. The second-order valence-electron chi connectivity index (χ2n) is 7.22. The number of thiophene rings is 1. The van der Waals surface area contributed by atoms with Crippen LogP contribution in [-0.4, -0.2) is 31.9 Å². The molecule has 33 heavy (non-hydrogen) atoms. The third-order valence-electron chi connectivity index (χ3n) is 5.14. The summed E-state index contributed by atoms with van der Waals surface area (Å²) in [7, 11) is -0.862. The van der Waals surface area contributed by atoms with E-state index in [9.17, 15) is 13.2 Å². The molecule has 1 N–H and O–H groups in total. The number of methoxy groups -OCH3 is 2. The fourth-order valence-electron chi connectivity index (χ4n) is 3.44. The van der Waals surface area contributed by atoms with Gasteiger partial charge >= 0.3 is 0 Å². The maximum Gasteiger partial charge on any atom is 0.252 e. The van der Waals surface area contributed by atoms with Gasteiger partial charge in [0, 0.05) is 40.0 Å². The monoisotopic (exact) mass is 504 g/mol. The SMILES string of the molecule is COc1cc2cc(CN(Cc3cccs3)S(=O)(=O)c3ccc(Cl)cc3)c(=O)[nH]c2cc1OC. The molecule has 0 amide bonds. The van der Waals surface area contributed by atoms with Gasteiger partial charge in [-0.3, -0.25) is 4.79 Å². The third-order valence-corrected chi connectivity index (χ3v) is 8.05. The fourth-order valence-corrected chi connectivity index (χ4v) is 5.77. The summed E-state index contributed by atoms with van der Waals surface area (Å²) in [6, 6.07) is 14.8. The van der Waals surface area contributed by atoms with Gasteiger partial charge in [0.25, 0.3) is 5.56 Å². The van der Waals surface area contributed by atoms with Crippen molar-refractivity contribution in [3.05, 3.63) is 85.8 Å². The first-order chi connectivity index (χ1) is 15.8. The fraction of sp³-hybridized carbons (Fsp3) is 0.174. The number of hydrogen-bond acceptors (Lipinski definition) is 6. The molecule has 2 aromatic heterocycles. The van der Waals surface area contributed by atoms with Crippen LogP contribution in [0, 0.1) is 0 Å². The Morgan fingerprint density at radius 3 is 2.33 bits per heavy atom. The molecular formula is C23H21ClN2O5S2. The summed E-state index contributed by atoms with van der Waals surface area (Å²) in [5.74, 6) is 0.991.